The Hall–Kier alpha value is -4.05. The van der Waals surface area contributed by atoms with Gasteiger partial charge in [0.05, 0.1) is 11.0 Å². The molecule has 7 nitrogen and oxygen atoms in total. The van der Waals surface area contributed by atoms with E-state index in [-0.39, 0.29) is 17.2 Å². The number of fused-ring (bicyclic) bond motifs is 2. The summed E-state index contributed by atoms with van der Waals surface area (Å²) < 4.78 is 10.7. The van der Waals surface area contributed by atoms with Gasteiger partial charge in [0, 0.05) is 10.9 Å². The number of hydrogen-bond acceptors (Lipinski definition) is 6. The fraction of sp³-hybridized carbons (Fsp3) is 0.0952. The lowest BCUT2D eigenvalue weighted by molar-refractivity contribution is 0.0468. The second kappa shape index (κ2) is 6.93. The number of esters is 1. The number of nitrogens with one attached hydrogen (secondary N) is 1. The van der Waals surface area contributed by atoms with Crippen molar-refractivity contribution in [2.45, 2.75) is 6.92 Å². The lowest BCUT2D eigenvalue weighted by Gasteiger charge is -2.04. The number of nitrogens with zero attached hydrogens (tertiary/aromatic N) is 2. The number of aryl methyl sites for hydroxylation is 1. The Labute approximate surface area is 159 Å². The number of ether oxygens (including phenoxy) is 1. The van der Waals surface area contributed by atoms with Gasteiger partial charge in [-0.1, -0.05) is 30.3 Å². The highest BCUT2D eigenvalue weighted by Crippen LogP contribution is 2.26. The van der Waals surface area contributed by atoms with E-state index in [0.29, 0.717) is 16.7 Å². The number of H-pyrrole nitrogens is 1. The number of aromatic nitrogens is 2. The van der Waals surface area contributed by atoms with E-state index in [9.17, 15) is 15.2 Å². The largest absolute Gasteiger partial charge is 0.507 e. The van der Waals surface area contributed by atoms with Crippen LogP contribution in [0.4, 0.5) is 0 Å². The van der Waals surface area contributed by atoms with E-state index >= 15 is 0 Å². The first-order chi connectivity index (χ1) is 13.6. The number of carbonyl (C=O) groups excluding carboxylic acids is 1. The molecular weight excluding hydrogens is 358 g/mol. The summed E-state index contributed by atoms with van der Waals surface area (Å²) in [5.41, 5.74) is 2.53. The quantitative estimate of drug-likeness (QED) is 0.314. The number of nitriles is 1. The molecule has 28 heavy (non-hydrogen) atoms. The highest BCUT2D eigenvalue weighted by atomic mass is 16.6. The Kier molecular flexibility index (Phi) is 4.30. The third-order valence-electron chi connectivity index (χ3n) is 4.40. The Morgan fingerprint density at radius 3 is 2.75 bits per heavy atom. The molecule has 0 saturated carbocycles. The first-order valence-electron chi connectivity index (χ1n) is 8.51. The van der Waals surface area contributed by atoms with Crippen LogP contribution in [-0.4, -0.2) is 27.7 Å². The predicted octanol–water partition coefficient (Wildman–Crippen LogP) is 4.27. The number of aromatic amines is 1. The molecular formula is C21H15N3O4. The van der Waals surface area contributed by atoms with Crippen LogP contribution in [0.5, 0.6) is 0 Å². The van der Waals surface area contributed by atoms with Crippen LogP contribution in [0.15, 0.2) is 58.7 Å². The first-order valence-corrected chi connectivity index (χ1v) is 8.51. The summed E-state index contributed by atoms with van der Waals surface area (Å²) in [5.74, 6) is -0.848. The number of aliphatic hydroxyl groups excluding tert-OH is 1. The third kappa shape index (κ3) is 2.97. The number of furan rings is 1. The van der Waals surface area contributed by atoms with Crippen molar-refractivity contribution in [2.75, 3.05) is 6.61 Å². The van der Waals surface area contributed by atoms with Gasteiger partial charge in [0.15, 0.2) is 18.2 Å². The second-order valence-corrected chi connectivity index (χ2v) is 6.16. The molecule has 4 rings (SSSR count). The fourth-order valence-corrected chi connectivity index (χ4v) is 2.97. The molecule has 7 heteroatoms. The maximum absolute atomic E-state index is 12.4. The van der Waals surface area contributed by atoms with Crippen molar-refractivity contribution in [3.63, 3.8) is 0 Å². The van der Waals surface area contributed by atoms with Crippen molar-refractivity contribution >= 4 is 33.5 Å². The minimum Gasteiger partial charge on any atom is -0.507 e. The molecule has 0 aliphatic heterocycles. The number of allylic oxidation sites excluding steroid dienone is 1. The van der Waals surface area contributed by atoms with Gasteiger partial charge in [-0.3, -0.25) is 0 Å². The van der Waals surface area contributed by atoms with Crippen LogP contribution in [0.3, 0.4) is 0 Å². The summed E-state index contributed by atoms with van der Waals surface area (Å²) in [6, 6.07) is 16.4. The van der Waals surface area contributed by atoms with Gasteiger partial charge in [-0.15, -0.1) is 0 Å². The highest BCUT2D eigenvalue weighted by Gasteiger charge is 2.20. The summed E-state index contributed by atoms with van der Waals surface area (Å²) in [6.45, 7) is 1.28. The Morgan fingerprint density at radius 2 is 2.00 bits per heavy atom. The molecule has 2 aromatic heterocycles. The minimum atomic E-state index is -0.720. The maximum atomic E-state index is 12.4. The SMILES string of the molecule is Cc1c(C(=O)OC/C(O)=C(\C#N)c2nc3ccccc3[nH]2)oc2ccccc12. The van der Waals surface area contributed by atoms with E-state index in [2.05, 4.69) is 9.97 Å². The Bertz CT molecular complexity index is 1240. The average Bonchev–Trinajstić information content (AvgIpc) is 3.28. The summed E-state index contributed by atoms with van der Waals surface area (Å²) in [7, 11) is 0. The Balaban J connectivity index is 1.57. The molecule has 2 heterocycles. The summed E-state index contributed by atoms with van der Waals surface area (Å²) in [4.78, 5) is 19.6. The molecule has 0 amide bonds. The van der Waals surface area contributed by atoms with Gasteiger partial charge < -0.3 is 19.2 Å². The minimum absolute atomic E-state index is 0.0660. The van der Waals surface area contributed by atoms with Crippen LogP contribution in [0, 0.1) is 18.3 Å². The van der Waals surface area contributed by atoms with Gasteiger partial charge in [0.2, 0.25) is 5.76 Å². The molecule has 2 aromatic carbocycles. The molecule has 138 valence electrons. The van der Waals surface area contributed by atoms with Gasteiger partial charge in [0.25, 0.3) is 0 Å². The number of imidazole rings is 1. The molecule has 0 bridgehead atoms. The first kappa shape index (κ1) is 17.4. The van der Waals surface area contributed by atoms with Crippen LogP contribution in [0.1, 0.15) is 21.9 Å². The molecule has 0 radical (unpaired) electrons. The normalized spacial score (nSPS) is 12.0. The van der Waals surface area contributed by atoms with Crippen LogP contribution in [0.25, 0.3) is 27.6 Å². The molecule has 0 fully saturated rings. The van der Waals surface area contributed by atoms with Gasteiger partial charge in [0.1, 0.15) is 17.2 Å². The van der Waals surface area contributed by atoms with Crippen molar-refractivity contribution in [1.29, 1.82) is 5.26 Å². The van der Waals surface area contributed by atoms with E-state index < -0.39 is 18.3 Å². The molecule has 0 spiro atoms. The standard InChI is InChI=1S/C21H15N3O4/c1-12-13-6-2-5-9-18(13)28-19(12)21(26)27-11-17(25)14(10-22)20-23-15-7-3-4-8-16(15)24-20/h2-9,25H,11H2,1H3,(H,23,24)/b17-14-. The number of carbonyl (C=O) groups is 1. The van der Waals surface area contributed by atoms with E-state index in [1.54, 1.807) is 19.1 Å². The van der Waals surface area contributed by atoms with E-state index in [1.807, 2.05) is 42.5 Å². The number of hydrogen-bond donors (Lipinski definition) is 2. The second-order valence-electron chi connectivity index (χ2n) is 6.16. The zero-order valence-corrected chi connectivity index (χ0v) is 14.9. The van der Waals surface area contributed by atoms with Crippen molar-refractivity contribution in [2.24, 2.45) is 0 Å². The Morgan fingerprint density at radius 1 is 1.25 bits per heavy atom. The third-order valence-corrected chi connectivity index (χ3v) is 4.40. The van der Waals surface area contributed by atoms with Crippen molar-refractivity contribution in [3.05, 3.63) is 71.4 Å². The van der Waals surface area contributed by atoms with Gasteiger partial charge in [-0.2, -0.15) is 5.26 Å². The van der Waals surface area contributed by atoms with Crippen LogP contribution >= 0.6 is 0 Å². The summed E-state index contributed by atoms with van der Waals surface area (Å²) >= 11 is 0. The summed E-state index contributed by atoms with van der Waals surface area (Å²) in [5, 5.41) is 20.5. The van der Waals surface area contributed by atoms with Gasteiger partial charge in [-0.25, -0.2) is 9.78 Å². The summed E-state index contributed by atoms with van der Waals surface area (Å²) in [6.07, 6.45) is 0. The topological polar surface area (TPSA) is 112 Å². The maximum Gasteiger partial charge on any atom is 0.375 e. The van der Waals surface area contributed by atoms with Crippen LogP contribution in [-0.2, 0) is 4.74 Å². The van der Waals surface area contributed by atoms with E-state index in [0.717, 1.165) is 10.9 Å². The van der Waals surface area contributed by atoms with Crippen molar-refractivity contribution in [3.8, 4) is 6.07 Å². The van der Waals surface area contributed by atoms with Gasteiger partial charge in [-0.05, 0) is 25.1 Å². The molecule has 0 atom stereocenters. The fourth-order valence-electron chi connectivity index (χ4n) is 2.97. The number of benzene rings is 2. The lowest BCUT2D eigenvalue weighted by atomic mass is 10.1. The number of para-hydroxylation sites is 3. The predicted molar refractivity (Wildman–Crippen MR) is 102 cm³/mol. The van der Waals surface area contributed by atoms with Crippen molar-refractivity contribution in [1.82, 2.24) is 9.97 Å². The number of rotatable bonds is 4. The molecule has 4 aromatic rings. The lowest BCUT2D eigenvalue weighted by Crippen LogP contribution is -2.09. The molecule has 0 unspecified atom stereocenters. The van der Waals surface area contributed by atoms with E-state index in [4.69, 9.17) is 9.15 Å². The zero-order chi connectivity index (χ0) is 19.7. The highest BCUT2D eigenvalue weighted by molar-refractivity contribution is 5.96. The van der Waals surface area contributed by atoms with Crippen LogP contribution < -0.4 is 0 Å². The monoisotopic (exact) mass is 373 g/mol. The smallest absolute Gasteiger partial charge is 0.375 e. The molecule has 0 aliphatic carbocycles. The van der Waals surface area contributed by atoms with E-state index in [1.165, 1.54) is 0 Å². The van der Waals surface area contributed by atoms with Gasteiger partial charge >= 0.3 is 5.97 Å². The molecule has 2 N–H and O–H groups in total. The average molecular weight is 373 g/mol. The van der Waals surface area contributed by atoms with Crippen LogP contribution in [0.2, 0.25) is 0 Å². The molecule has 0 saturated heterocycles. The molecule has 0 aliphatic rings. The zero-order valence-electron chi connectivity index (χ0n) is 14.9. The van der Waals surface area contributed by atoms with Crippen molar-refractivity contribution < 1.29 is 19.1 Å². The number of aliphatic hydroxyl groups is 1.